The Bertz CT molecular complexity index is 1140. The van der Waals surface area contributed by atoms with Crippen LogP contribution in [0, 0.1) is 0 Å². The number of benzene rings is 2. The van der Waals surface area contributed by atoms with Crippen LogP contribution in [0.5, 0.6) is 0 Å². The maximum absolute atomic E-state index is 15.6. The Balaban J connectivity index is 2.60. The quantitative estimate of drug-likeness (QED) is 0.0961. The van der Waals surface area contributed by atoms with Gasteiger partial charge in [0.25, 0.3) is 0 Å². The predicted molar refractivity (Wildman–Crippen MR) is 209 cm³/mol. The van der Waals surface area contributed by atoms with Crippen molar-refractivity contribution in [1.29, 1.82) is 0 Å². The number of rotatable bonds is 24. The van der Waals surface area contributed by atoms with Gasteiger partial charge in [-0.15, -0.1) is 0 Å². The predicted octanol–water partition coefficient (Wildman–Crippen LogP) is 13.2. The summed E-state index contributed by atoms with van der Waals surface area (Å²) in [5.74, 6) is 0.402. The summed E-state index contributed by atoms with van der Waals surface area (Å²) in [7, 11) is 0. The van der Waals surface area contributed by atoms with Gasteiger partial charge in [-0.2, -0.15) is 0 Å². The standard InChI is InChI=1S/C46H72O2/c1-9-17-25-33-34(26-18-10-2)38(30-22-14-6)42-41(37(33)29-21-13-5)45(47)43-39(31-23-15-7)35(27-19-11-3)36(28-20-12-4)40(32-24-16-8)44(43)46(42)48/h9-32H2,1-8H3. The number of carbonyl (C=O) groups excluding carboxylic acids is 2. The van der Waals surface area contributed by atoms with Crippen molar-refractivity contribution in [3.8, 4) is 0 Å². The van der Waals surface area contributed by atoms with Crippen LogP contribution in [0.25, 0.3) is 0 Å². The topological polar surface area (TPSA) is 34.1 Å². The smallest absolute Gasteiger partial charge is 0.195 e. The summed E-state index contributed by atoms with van der Waals surface area (Å²) in [5.41, 5.74) is 14.1. The molecule has 1 aliphatic rings. The van der Waals surface area contributed by atoms with Crippen molar-refractivity contribution in [2.75, 3.05) is 0 Å². The van der Waals surface area contributed by atoms with Crippen LogP contribution in [0.4, 0.5) is 0 Å². The van der Waals surface area contributed by atoms with E-state index in [1.54, 1.807) is 0 Å². The second-order valence-electron chi connectivity index (χ2n) is 14.8. The maximum Gasteiger partial charge on any atom is 0.195 e. The highest BCUT2D eigenvalue weighted by Crippen LogP contribution is 2.44. The molecule has 0 saturated carbocycles. The molecule has 0 saturated heterocycles. The van der Waals surface area contributed by atoms with Gasteiger partial charge in [-0.05, 0) is 147 Å². The first-order chi connectivity index (χ1) is 23.4. The molecule has 1 aliphatic carbocycles. The molecule has 48 heavy (non-hydrogen) atoms. The van der Waals surface area contributed by atoms with Crippen LogP contribution in [0.2, 0.25) is 0 Å². The zero-order valence-electron chi connectivity index (χ0n) is 32.8. The molecule has 0 bridgehead atoms. The molecule has 0 aliphatic heterocycles. The molecule has 2 nitrogen and oxygen atoms in total. The Labute approximate surface area is 296 Å². The molecule has 2 heteroatoms. The first-order valence-electron chi connectivity index (χ1n) is 20.9. The maximum atomic E-state index is 15.6. The molecule has 268 valence electrons. The molecule has 0 fully saturated rings. The molecule has 2 aromatic carbocycles. The third kappa shape index (κ3) is 9.11. The second kappa shape index (κ2) is 21.1. The van der Waals surface area contributed by atoms with Gasteiger partial charge >= 0.3 is 0 Å². The average Bonchev–Trinajstić information content (AvgIpc) is 3.09. The molecule has 0 atom stereocenters. The zero-order valence-corrected chi connectivity index (χ0v) is 32.8. The molecule has 0 N–H and O–H groups in total. The lowest BCUT2D eigenvalue weighted by molar-refractivity contribution is 0.0975. The van der Waals surface area contributed by atoms with Gasteiger partial charge in [-0.25, -0.2) is 0 Å². The van der Waals surface area contributed by atoms with Crippen LogP contribution in [-0.4, -0.2) is 11.6 Å². The van der Waals surface area contributed by atoms with Gasteiger partial charge in [-0.3, -0.25) is 9.59 Å². The van der Waals surface area contributed by atoms with E-state index in [1.165, 1.54) is 44.5 Å². The summed E-state index contributed by atoms with van der Waals surface area (Å²) in [6.07, 6.45) is 25.4. The second-order valence-corrected chi connectivity index (χ2v) is 14.8. The van der Waals surface area contributed by atoms with Gasteiger partial charge < -0.3 is 0 Å². The van der Waals surface area contributed by atoms with Gasteiger partial charge in [0, 0.05) is 22.3 Å². The van der Waals surface area contributed by atoms with E-state index in [9.17, 15) is 0 Å². The highest BCUT2D eigenvalue weighted by atomic mass is 16.1. The van der Waals surface area contributed by atoms with Gasteiger partial charge in [0.05, 0.1) is 0 Å². The van der Waals surface area contributed by atoms with Crippen LogP contribution in [0.15, 0.2) is 0 Å². The molecule has 0 aromatic heterocycles. The molecule has 0 spiro atoms. The van der Waals surface area contributed by atoms with Gasteiger partial charge in [0.15, 0.2) is 11.6 Å². The summed E-state index contributed by atoms with van der Waals surface area (Å²) in [6, 6.07) is 0. The number of unbranched alkanes of at least 4 members (excludes halogenated alkanes) is 8. The van der Waals surface area contributed by atoms with E-state index in [4.69, 9.17) is 0 Å². The summed E-state index contributed by atoms with van der Waals surface area (Å²) < 4.78 is 0. The lowest BCUT2D eigenvalue weighted by atomic mass is 9.68. The number of hydrogen-bond donors (Lipinski definition) is 0. The van der Waals surface area contributed by atoms with E-state index in [0.29, 0.717) is 0 Å². The van der Waals surface area contributed by atoms with Crippen molar-refractivity contribution >= 4 is 11.6 Å². The molecule has 3 rings (SSSR count). The average molecular weight is 657 g/mol. The molecular formula is C46H72O2. The summed E-state index contributed by atoms with van der Waals surface area (Å²) in [4.78, 5) is 31.2. The number of carbonyl (C=O) groups is 2. The summed E-state index contributed by atoms with van der Waals surface area (Å²) >= 11 is 0. The van der Waals surface area contributed by atoms with E-state index in [2.05, 4.69) is 55.4 Å². The fraction of sp³-hybridized carbons (Fsp3) is 0.696. The van der Waals surface area contributed by atoms with Crippen LogP contribution < -0.4 is 0 Å². The van der Waals surface area contributed by atoms with Gasteiger partial charge in [-0.1, -0.05) is 107 Å². The molecule has 0 radical (unpaired) electrons. The molecule has 0 heterocycles. The van der Waals surface area contributed by atoms with Crippen LogP contribution in [-0.2, 0) is 51.4 Å². The van der Waals surface area contributed by atoms with E-state index in [-0.39, 0.29) is 11.6 Å². The van der Waals surface area contributed by atoms with E-state index in [0.717, 1.165) is 176 Å². The Morgan fingerprint density at radius 3 is 0.542 bits per heavy atom. The molecular weight excluding hydrogens is 585 g/mol. The Kier molecular flexibility index (Phi) is 17.7. The Morgan fingerprint density at radius 1 is 0.250 bits per heavy atom. The minimum atomic E-state index is 0.201. The molecule has 0 amide bonds. The number of hydrogen-bond acceptors (Lipinski definition) is 2. The lowest BCUT2D eigenvalue weighted by Crippen LogP contribution is -2.31. The third-order valence-corrected chi connectivity index (χ3v) is 11.0. The SMILES string of the molecule is CCCCc1c(CCCC)c(CCCC)c2c(c1CCCC)C(=O)c1c(CCCC)c(CCCC)c(CCCC)c(CCCC)c1C2=O. The van der Waals surface area contributed by atoms with Crippen molar-refractivity contribution < 1.29 is 9.59 Å². The first kappa shape index (κ1) is 40.2. The summed E-state index contributed by atoms with van der Waals surface area (Å²) in [5, 5.41) is 0. The van der Waals surface area contributed by atoms with Gasteiger partial charge in [0.1, 0.15) is 0 Å². The third-order valence-electron chi connectivity index (χ3n) is 11.0. The monoisotopic (exact) mass is 657 g/mol. The van der Waals surface area contributed by atoms with Gasteiger partial charge in [0.2, 0.25) is 0 Å². The van der Waals surface area contributed by atoms with Crippen molar-refractivity contribution in [3.63, 3.8) is 0 Å². The molecule has 2 aromatic rings. The van der Waals surface area contributed by atoms with Crippen molar-refractivity contribution in [1.82, 2.24) is 0 Å². The first-order valence-corrected chi connectivity index (χ1v) is 20.9. The van der Waals surface area contributed by atoms with E-state index >= 15 is 9.59 Å². The van der Waals surface area contributed by atoms with Crippen molar-refractivity contribution in [2.24, 2.45) is 0 Å². The number of fused-ring (bicyclic) bond motifs is 2. The lowest BCUT2D eigenvalue weighted by Gasteiger charge is -2.33. The zero-order chi connectivity index (χ0) is 35.1. The van der Waals surface area contributed by atoms with Crippen molar-refractivity contribution in [3.05, 3.63) is 66.8 Å². The largest absolute Gasteiger partial charge is 0.289 e. The fourth-order valence-corrected chi connectivity index (χ4v) is 8.33. The molecule has 0 unspecified atom stereocenters. The minimum absolute atomic E-state index is 0.201. The van der Waals surface area contributed by atoms with E-state index in [1.807, 2.05) is 0 Å². The van der Waals surface area contributed by atoms with Crippen LogP contribution in [0.1, 0.15) is 234 Å². The Hall–Kier alpha value is -2.22. The van der Waals surface area contributed by atoms with Crippen LogP contribution in [0.3, 0.4) is 0 Å². The summed E-state index contributed by atoms with van der Waals surface area (Å²) in [6.45, 7) is 18.2. The Morgan fingerprint density at radius 2 is 0.396 bits per heavy atom. The van der Waals surface area contributed by atoms with Crippen LogP contribution >= 0.6 is 0 Å². The van der Waals surface area contributed by atoms with E-state index < -0.39 is 0 Å². The highest BCUT2D eigenvalue weighted by molar-refractivity contribution is 6.31. The normalized spacial score (nSPS) is 12.6. The fourth-order valence-electron chi connectivity index (χ4n) is 8.33. The minimum Gasteiger partial charge on any atom is -0.289 e. The number of ketones is 2. The highest BCUT2D eigenvalue weighted by Gasteiger charge is 2.40. The van der Waals surface area contributed by atoms with Crippen molar-refractivity contribution in [2.45, 2.75) is 209 Å².